The van der Waals surface area contributed by atoms with Gasteiger partial charge in [-0.1, -0.05) is 6.07 Å². The molecule has 1 saturated carbocycles. The number of hydrogen-bond donors (Lipinski definition) is 1. The molecule has 1 aliphatic heterocycles. The number of carbonyl (C=O) groups excluding carboxylic acids is 1. The summed E-state index contributed by atoms with van der Waals surface area (Å²) in [7, 11) is 3.24. The highest BCUT2D eigenvalue weighted by atomic mass is 16.5. The van der Waals surface area contributed by atoms with E-state index in [0.29, 0.717) is 31.3 Å². The molecule has 0 spiro atoms. The second-order valence-electron chi connectivity index (χ2n) is 7.47. The Morgan fingerprint density at radius 3 is 2.70 bits per heavy atom. The van der Waals surface area contributed by atoms with Crippen LogP contribution in [0.3, 0.4) is 0 Å². The molecule has 9 nitrogen and oxygen atoms in total. The van der Waals surface area contributed by atoms with Gasteiger partial charge < -0.3 is 33.9 Å². The first-order chi connectivity index (χ1) is 14.5. The summed E-state index contributed by atoms with van der Waals surface area (Å²) in [6.07, 6.45) is 0.850. The van der Waals surface area contributed by atoms with Crippen molar-refractivity contribution in [2.45, 2.75) is 38.0 Å². The predicted molar refractivity (Wildman–Crippen MR) is 108 cm³/mol. The lowest BCUT2D eigenvalue weighted by atomic mass is 10.1. The van der Waals surface area contributed by atoms with E-state index in [1.54, 1.807) is 19.1 Å². The molecule has 166 valence electrons. The van der Waals surface area contributed by atoms with Crippen LogP contribution in [0.15, 0.2) is 18.2 Å². The van der Waals surface area contributed by atoms with Crippen LogP contribution in [0, 0.1) is 0 Å². The number of methoxy groups -OCH3 is 2. The van der Waals surface area contributed by atoms with Gasteiger partial charge >= 0.3 is 6.09 Å². The highest BCUT2D eigenvalue weighted by Gasteiger charge is 2.38. The van der Waals surface area contributed by atoms with Crippen molar-refractivity contribution in [3.8, 4) is 11.5 Å². The van der Waals surface area contributed by atoms with Gasteiger partial charge in [0.15, 0.2) is 17.6 Å². The largest absolute Gasteiger partial charge is 0.493 e. The van der Waals surface area contributed by atoms with Gasteiger partial charge in [0.2, 0.25) is 0 Å². The van der Waals surface area contributed by atoms with Crippen molar-refractivity contribution in [1.29, 1.82) is 0 Å². The highest BCUT2D eigenvalue weighted by Crippen LogP contribution is 2.33. The highest BCUT2D eigenvalue weighted by molar-refractivity contribution is 5.82. The van der Waals surface area contributed by atoms with E-state index in [1.165, 1.54) is 4.90 Å². The fourth-order valence-corrected chi connectivity index (χ4v) is 3.44. The molecule has 0 bridgehead atoms. The number of amides is 2. The van der Waals surface area contributed by atoms with E-state index in [-0.39, 0.29) is 31.6 Å². The van der Waals surface area contributed by atoms with Crippen LogP contribution in [-0.4, -0.2) is 86.2 Å². The molecule has 1 atom stereocenters. The lowest BCUT2D eigenvalue weighted by Gasteiger charge is -2.34. The Morgan fingerprint density at radius 1 is 1.23 bits per heavy atom. The molecule has 1 aliphatic carbocycles. The Balaban J connectivity index is 1.68. The van der Waals surface area contributed by atoms with Crippen molar-refractivity contribution >= 4 is 12.0 Å². The fourth-order valence-electron chi connectivity index (χ4n) is 3.44. The lowest BCUT2D eigenvalue weighted by molar-refractivity contribution is -0.149. The van der Waals surface area contributed by atoms with Gasteiger partial charge in [-0.05, 0) is 30.5 Å². The number of carboxylic acid groups (broad SMARTS) is 1. The fraction of sp³-hybridized carbons (Fsp3) is 0.619. The summed E-state index contributed by atoms with van der Waals surface area (Å²) in [6, 6.07) is 5.79. The first-order valence-corrected chi connectivity index (χ1v) is 10.2. The van der Waals surface area contributed by atoms with Crippen molar-refractivity contribution in [2.24, 2.45) is 0 Å². The van der Waals surface area contributed by atoms with Crippen molar-refractivity contribution in [1.82, 2.24) is 9.80 Å². The van der Waals surface area contributed by atoms with Crippen molar-refractivity contribution in [3.05, 3.63) is 23.8 Å². The van der Waals surface area contributed by atoms with E-state index >= 15 is 0 Å². The molecular formula is C21H30N2O7. The molecular weight excluding hydrogens is 392 g/mol. The molecule has 0 aromatic heterocycles. The Labute approximate surface area is 176 Å². The maximum absolute atomic E-state index is 13.1. The van der Waals surface area contributed by atoms with Crippen molar-refractivity contribution in [3.63, 3.8) is 0 Å². The molecule has 0 unspecified atom stereocenters. The van der Waals surface area contributed by atoms with Gasteiger partial charge in [-0.25, -0.2) is 4.79 Å². The predicted octanol–water partition coefficient (Wildman–Crippen LogP) is 1.98. The minimum atomic E-state index is -1.03. The van der Waals surface area contributed by atoms with Crippen LogP contribution in [-0.2, 0) is 20.8 Å². The second-order valence-corrected chi connectivity index (χ2v) is 7.47. The Hall–Kier alpha value is -2.52. The summed E-state index contributed by atoms with van der Waals surface area (Å²) in [5, 5.41) is 9.23. The van der Waals surface area contributed by atoms with Crippen LogP contribution < -0.4 is 9.47 Å². The zero-order chi connectivity index (χ0) is 21.5. The number of carbonyl (C=O) groups is 2. The van der Waals surface area contributed by atoms with Crippen LogP contribution in [0.4, 0.5) is 4.79 Å². The molecule has 9 heteroatoms. The smallest absolute Gasteiger partial charge is 0.407 e. The molecule has 0 radical (unpaired) electrons. The van der Waals surface area contributed by atoms with E-state index < -0.39 is 12.2 Å². The average molecular weight is 422 g/mol. The summed E-state index contributed by atoms with van der Waals surface area (Å²) in [5.74, 6) is 1.09. The number of benzene rings is 1. The van der Waals surface area contributed by atoms with E-state index in [2.05, 4.69) is 0 Å². The number of morpholine rings is 1. The zero-order valence-electron chi connectivity index (χ0n) is 17.5. The van der Waals surface area contributed by atoms with E-state index in [4.69, 9.17) is 18.9 Å². The second kappa shape index (κ2) is 10.5. The van der Waals surface area contributed by atoms with Gasteiger partial charge in [-0.2, -0.15) is 0 Å². The molecule has 1 aromatic carbocycles. The molecule has 2 fully saturated rings. The molecule has 3 rings (SSSR count). The zero-order valence-corrected chi connectivity index (χ0v) is 17.5. The number of ether oxygens (including phenoxy) is 4. The first kappa shape index (κ1) is 22.2. The quantitative estimate of drug-likeness (QED) is 0.576. The van der Waals surface area contributed by atoms with Crippen LogP contribution in [0.25, 0.3) is 0 Å². The van der Waals surface area contributed by atoms with Gasteiger partial charge in [-0.3, -0.25) is 4.79 Å². The van der Waals surface area contributed by atoms with Crippen LogP contribution in [0.5, 0.6) is 11.5 Å². The minimum absolute atomic E-state index is 0.0634. The van der Waals surface area contributed by atoms with Crippen molar-refractivity contribution < 1.29 is 33.6 Å². The SMILES string of the molecule is COCCCOc1cc(CN(C(=O)[C@H]2CN(C(=O)O)CCO2)C2CC2)ccc1OC. The molecule has 2 aliphatic rings. The summed E-state index contributed by atoms with van der Waals surface area (Å²) in [5.41, 5.74) is 0.920. The molecule has 2 amide bonds. The summed E-state index contributed by atoms with van der Waals surface area (Å²) in [6.45, 7) is 2.09. The lowest BCUT2D eigenvalue weighted by Crippen LogP contribution is -2.52. The minimum Gasteiger partial charge on any atom is -0.493 e. The summed E-state index contributed by atoms with van der Waals surface area (Å²) >= 11 is 0. The summed E-state index contributed by atoms with van der Waals surface area (Å²) in [4.78, 5) is 27.4. The van der Waals surface area contributed by atoms with Crippen molar-refractivity contribution in [2.75, 3.05) is 47.1 Å². The summed E-state index contributed by atoms with van der Waals surface area (Å²) < 4.78 is 21.9. The van der Waals surface area contributed by atoms with Crippen LogP contribution >= 0.6 is 0 Å². The van der Waals surface area contributed by atoms with Gasteiger partial charge in [0.1, 0.15) is 0 Å². The third-order valence-electron chi connectivity index (χ3n) is 5.21. The molecule has 1 aromatic rings. The average Bonchev–Trinajstić information content (AvgIpc) is 3.60. The van der Waals surface area contributed by atoms with E-state index in [0.717, 1.165) is 24.8 Å². The maximum atomic E-state index is 13.1. The van der Waals surface area contributed by atoms with E-state index in [1.807, 2.05) is 18.2 Å². The Bertz CT molecular complexity index is 738. The Morgan fingerprint density at radius 2 is 2.03 bits per heavy atom. The number of hydrogen-bond acceptors (Lipinski definition) is 6. The number of nitrogens with zero attached hydrogens (tertiary/aromatic N) is 2. The molecule has 1 N–H and O–H groups in total. The molecule has 1 heterocycles. The monoisotopic (exact) mass is 422 g/mol. The third-order valence-corrected chi connectivity index (χ3v) is 5.21. The topological polar surface area (TPSA) is 97.8 Å². The van der Waals surface area contributed by atoms with Gasteiger partial charge in [0.05, 0.1) is 26.9 Å². The standard InChI is InChI=1S/C21H30N2O7/c1-27-9-3-10-29-18-12-15(4-7-17(18)28-2)13-23(16-5-6-16)20(24)19-14-22(21(25)26)8-11-30-19/h4,7,12,16,19H,3,5-6,8-11,13-14H2,1-2H3,(H,25,26)/t19-/m1/s1. The van der Waals surface area contributed by atoms with Gasteiger partial charge in [0.25, 0.3) is 5.91 Å². The first-order valence-electron chi connectivity index (χ1n) is 10.2. The van der Waals surface area contributed by atoms with Crippen LogP contribution in [0.1, 0.15) is 24.8 Å². The molecule has 30 heavy (non-hydrogen) atoms. The maximum Gasteiger partial charge on any atom is 0.407 e. The molecule has 1 saturated heterocycles. The third kappa shape index (κ3) is 5.76. The normalized spacial score (nSPS) is 18.7. The van der Waals surface area contributed by atoms with Gasteiger partial charge in [-0.15, -0.1) is 0 Å². The van der Waals surface area contributed by atoms with E-state index in [9.17, 15) is 14.7 Å². The van der Waals surface area contributed by atoms with Gasteiger partial charge in [0, 0.05) is 39.3 Å². The Kier molecular flexibility index (Phi) is 7.75. The number of rotatable bonds is 10. The van der Waals surface area contributed by atoms with Crippen LogP contribution in [0.2, 0.25) is 0 Å².